The lowest BCUT2D eigenvalue weighted by Gasteiger charge is -2.40. The molecule has 0 bridgehead atoms. The van der Waals surface area contributed by atoms with Crippen LogP contribution in [0.15, 0.2) is 0 Å². The highest BCUT2D eigenvalue weighted by molar-refractivity contribution is 4.84. The van der Waals surface area contributed by atoms with Crippen LogP contribution in [0.5, 0.6) is 0 Å². The molecule has 2 aliphatic rings. The van der Waals surface area contributed by atoms with E-state index < -0.39 is 0 Å². The number of hydrogen-bond donors (Lipinski definition) is 1. The summed E-state index contributed by atoms with van der Waals surface area (Å²) in [6.07, 6.45) is 7.99. The Hall–Kier alpha value is -0.120. The van der Waals surface area contributed by atoms with Gasteiger partial charge in [-0.05, 0) is 45.1 Å². The number of nitrogens with two attached hydrogens (primary N) is 1. The van der Waals surface area contributed by atoms with Gasteiger partial charge in [0.25, 0.3) is 0 Å². The van der Waals surface area contributed by atoms with Gasteiger partial charge in [0.2, 0.25) is 0 Å². The zero-order chi connectivity index (χ0) is 10.7. The van der Waals surface area contributed by atoms with E-state index in [2.05, 4.69) is 4.90 Å². The van der Waals surface area contributed by atoms with Gasteiger partial charge >= 0.3 is 0 Å². The first-order valence-electron chi connectivity index (χ1n) is 6.32. The Bertz CT molecular complexity index is 190. The SMILES string of the molecule is COC1CCCN(C2CCC(N)CC2)C1. The number of piperidine rings is 1. The first-order valence-corrected chi connectivity index (χ1v) is 6.32. The molecule has 88 valence electrons. The summed E-state index contributed by atoms with van der Waals surface area (Å²) in [6.45, 7) is 2.40. The zero-order valence-electron chi connectivity index (χ0n) is 9.82. The minimum atomic E-state index is 0.462. The second-order valence-corrected chi connectivity index (χ2v) is 5.06. The molecule has 2 fully saturated rings. The first kappa shape index (κ1) is 11.4. The van der Waals surface area contributed by atoms with Gasteiger partial charge in [0, 0.05) is 25.7 Å². The molecule has 1 aliphatic carbocycles. The lowest BCUT2D eigenvalue weighted by Crippen LogP contribution is -2.47. The van der Waals surface area contributed by atoms with E-state index in [0.717, 1.165) is 12.6 Å². The molecular weight excluding hydrogens is 188 g/mol. The zero-order valence-corrected chi connectivity index (χ0v) is 9.82. The molecule has 0 aromatic carbocycles. The van der Waals surface area contributed by atoms with Crippen LogP contribution >= 0.6 is 0 Å². The van der Waals surface area contributed by atoms with Crippen LogP contribution in [0.2, 0.25) is 0 Å². The topological polar surface area (TPSA) is 38.5 Å². The molecule has 1 saturated carbocycles. The molecule has 1 heterocycles. The normalized spacial score (nSPS) is 39.2. The molecule has 3 heteroatoms. The molecule has 1 atom stereocenters. The van der Waals surface area contributed by atoms with Crippen molar-refractivity contribution < 1.29 is 4.74 Å². The van der Waals surface area contributed by atoms with Crippen LogP contribution in [0.1, 0.15) is 38.5 Å². The van der Waals surface area contributed by atoms with Crippen LogP contribution in [0.4, 0.5) is 0 Å². The average Bonchev–Trinajstić information content (AvgIpc) is 2.30. The third-order valence-corrected chi connectivity index (χ3v) is 4.00. The standard InChI is InChI=1S/C12H24N2O/c1-15-12-3-2-8-14(9-12)11-6-4-10(13)5-7-11/h10-12H,2-9,13H2,1H3. The fourth-order valence-electron chi connectivity index (χ4n) is 2.96. The van der Waals surface area contributed by atoms with Crippen molar-refractivity contribution in [1.82, 2.24) is 4.90 Å². The van der Waals surface area contributed by atoms with Crippen molar-refractivity contribution in [3.63, 3.8) is 0 Å². The van der Waals surface area contributed by atoms with Gasteiger partial charge in [0.15, 0.2) is 0 Å². The average molecular weight is 212 g/mol. The summed E-state index contributed by atoms with van der Waals surface area (Å²) in [5.74, 6) is 0. The summed E-state index contributed by atoms with van der Waals surface area (Å²) in [5.41, 5.74) is 5.94. The van der Waals surface area contributed by atoms with Crippen molar-refractivity contribution in [2.75, 3.05) is 20.2 Å². The van der Waals surface area contributed by atoms with E-state index in [0.29, 0.717) is 12.1 Å². The summed E-state index contributed by atoms with van der Waals surface area (Å²) in [7, 11) is 1.84. The van der Waals surface area contributed by atoms with Gasteiger partial charge in [0.1, 0.15) is 0 Å². The van der Waals surface area contributed by atoms with Crippen LogP contribution in [-0.2, 0) is 4.74 Å². The second-order valence-electron chi connectivity index (χ2n) is 5.06. The predicted molar refractivity (Wildman–Crippen MR) is 61.8 cm³/mol. The minimum Gasteiger partial charge on any atom is -0.380 e. The van der Waals surface area contributed by atoms with E-state index >= 15 is 0 Å². The van der Waals surface area contributed by atoms with Crippen molar-refractivity contribution in [2.24, 2.45) is 5.73 Å². The van der Waals surface area contributed by atoms with Gasteiger partial charge in [-0.15, -0.1) is 0 Å². The Balaban J connectivity index is 1.82. The maximum Gasteiger partial charge on any atom is 0.0698 e. The Morgan fingerprint density at radius 1 is 1.13 bits per heavy atom. The van der Waals surface area contributed by atoms with Crippen molar-refractivity contribution in [3.8, 4) is 0 Å². The lowest BCUT2D eigenvalue weighted by atomic mass is 9.89. The lowest BCUT2D eigenvalue weighted by molar-refractivity contribution is 0.00681. The minimum absolute atomic E-state index is 0.462. The van der Waals surface area contributed by atoms with Gasteiger partial charge in [-0.3, -0.25) is 4.90 Å². The summed E-state index contributed by atoms with van der Waals surface area (Å²) >= 11 is 0. The van der Waals surface area contributed by atoms with Gasteiger partial charge in [0.05, 0.1) is 6.10 Å². The number of likely N-dealkylation sites (tertiary alicyclic amines) is 1. The summed E-state index contributed by atoms with van der Waals surface area (Å²) in [6, 6.07) is 1.24. The first-order chi connectivity index (χ1) is 7.29. The summed E-state index contributed by atoms with van der Waals surface area (Å²) < 4.78 is 5.47. The van der Waals surface area contributed by atoms with Crippen molar-refractivity contribution in [2.45, 2.75) is 56.7 Å². The van der Waals surface area contributed by atoms with Crippen LogP contribution < -0.4 is 5.73 Å². The number of hydrogen-bond acceptors (Lipinski definition) is 3. The van der Waals surface area contributed by atoms with Gasteiger partial charge in [-0.25, -0.2) is 0 Å². The molecule has 1 unspecified atom stereocenters. The fourth-order valence-corrected chi connectivity index (χ4v) is 2.96. The number of nitrogens with zero attached hydrogens (tertiary/aromatic N) is 1. The highest BCUT2D eigenvalue weighted by Crippen LogP contribution is 2.25. The Kier molecular flexibility index (Phi) is 4.00. The number of ether oxygens (including phenoxy) is 1. The molecule has 0 aromatic rings. The largest absolute Gasteiger partial charge is 0.380 e. The molecule has 2 N–H and O–H groups in total. The third kappa shape index (κ3) is 2.92. The third-order valence-electron chi connectivity index (χ3n) is 4.00. The Morgan fingerprint density at radius 2 is 1.87 bits per heavy atom. The Labute approximate surface area is 93.0 Å². The molecule has 0 spiro atoms. The quantitative estimate of drug-likeness (QED) is 0.751. The highest BCUT2D eigenvalue weighted by atomic mass is 16.5. The van der Waals surface area contributed by atoms with Crippen LogP contribution in [0, 0.1) is 0 Å². The molecule has 0 amide bonds. The molecule has 1 aliphatic heterocycles. The smallest absolute Gasteiger partial charge is 0.0698 e. The monoisotopic (exact) mass is 212 g/mol. The molecule has 3 nitrogen and oxygen atoms in total. The summed E-state index contributed by atoms with van der Waals surface area (Å²) in [5, 5.41) is 0. The molecule has 2 rings (SSSR count). The number of rotatable bonds is 2. The molecular formula is C12H24N2O. The molecule has 15 heavy (non-hydrogen) atoms. The van der Waals surface area contributed by atoms with E-state index in [-0.39, 0.29) is 0 Å². The highest BCUT2D eigenvalue weighted by Gasteiger charge is 2.28. The van der Waals surface area contributed by atoms with E-state index in [1.165, 1.54) is 45.1 Å². The number of methoxy groups -OCH3 is 1. The predicted octanol–water partition coefficient (Wildman–Crippen LogP) is 1.37. The second kappa shape index (κ2) is 5.28. The van der Waals surface area contributed by atoms with Gasteiger partial charge in [-0.2, -0.15) is 0 Å². The summed E-state index contributed by atoms with van der Waals surface area (Å²) in [4.78, 5) is 2.63. The van der Waals surface area contributed by atoms with Crippen molar-refractivity contribution in [3.05, 3.63) is 0 Å². The van der Waals surface area contributed by atoms with E-state index in [1.807, 2.05) is 7.11 Å². The van der Waals surface area contributed by atoms with Crippen LogP contribution in [0.3, 0.4) is 0 Å². The molecule has 0 aromatic heterocycles. The molecule has 1 saturated heterocycles. The van der Waals surface area contributed by atoms with Crippen molar-refractivity contribution >= 4 is 0 Å². The van der Waals surface area contributed by atoms with Crippen LogP contribution in [0.25, 0.3) is 0 Å². The maximum atomic E-state index is 5.94. The van der Waals surface area contributed by atoms with Crippen molar-refractivity contribution in [1.29, 1.82) is 0 Å². The van der Waals surface area contributed by atoms with Gasteiger partial charge < -0.3 is 10.5 Å². The molecule has 0 radical (unpaired) electrons. The van der Waals surface area contributed by atoms with Crippen LogP contribution in [-0.4, -0.2) is 43.3 Å². The van der Waals surface area contributed by atoms with E-state index in [9.17, 15) is 0 Å². The fraction of sp³-hybridized carbons (Fsp3) is 1.00. The van der Waals surface area contributed by atoms with E-state index in [1.54, 1.807) is 0 Å². The van der Waals surface area contributed by atoms with Gasteiger partial charge in [-0.1, -0.05) is 0 Å². The van der Waals surface area contributed by atoms with E-state index in [4.69, 9.17) is 10.5 Å². The Morgan fingerprint density at radius 3 is 2.53 bits per heavy atom. The maximum absolute atomic E-state index is 5.94.